The van der Waals surface area contributed by atoms with Gasteiger partial charge >= 0.3 is 5.97 Å². The van der Waals surface area contributed by atoms with E-state index >= 15 is 0 Å². The van der Waals surface area contributed by atoms with E-state index in [2.05, 4.69) is 31.2 Å². The van der Waals surface area contributed by atoms with Crippen LogP contribution in [-0.2, 0) is 9.53 Å². The molecule has 0 spiro atoms. The Morgan fingerprint density at radius 2 is 1.89 bits per heavy atom. The molecule has 0 bridgehead atoms. The lowest BCUT2D eigenvalue weighted by molar-refractivity contribution is -0.384. The van der Waals surface area contributed by atoms with E-state index in [-0.39, 0.29) is 23.2 Å². The summed E-state index contributed by atoms with van der Waals surface area (Å²) in [6.45, 7) is 0. The average molecular weight is 536 g/mol. The number of cyclic esters (lactones) is 1. The van der Waals surface area contributed by atoms with Crippen LogP contribution < -0.4 is 10.2 Å². The molecule has 11 heteroatoms. The number of aromatic nitrogens is 1. The summed E-state index contributed by atoms with van der Waals surface area (Å²) in [6, 6.07) is 12.9. The van der Waals surface area contributed by atoms with Crippen LogP contribution in [0.3, 0.4) is 0 Å². The molecule has 0 radical (unpaired) electrons. The number of nitrogens with zero attached hydrogens (tertiary/aromatic N) is 4. The van der Waals surface area contributed by atoms with Gasteiger partial charge < -0.3 is 15.0 Å². The number of carbonyl (C=O) groups excluding carboxylic acids is 2. The van der Waals surface area contributed by atoms with E-state index in [1.54, 1.807) is 67.7 Å². The van der Waals surface area contributed by atoms with Crippen molar-refractivity contribution >= 4 is 56.8 Å². The fourth-order valence-electron chi connectivity index (χ4n) is 3.28. The van der Waals surface area contributed by atoms with Crippen LogP contribution in [0.1, 0.15) is 21.5 Å². The first-order chi connectivity index (χ1) is 16.7. The van der Waals surface area contributed by atoms with Gasteiger partial charge in [0.1, 0.15) is 5.69 Å². The molecule has 2 aromatic carbocycles. The van der Waals surface area contributed by atoms with E-state index in [1.807, 2.05) is 0 Å². The number of nitro benzene ring substituents is 1. The van der Waals surface area contributed by atoms with Crippen molar-refractivity contribution in [3.8, 4) is 0 Å². The van der Waals surface area contributed by atoms with Gasteiger partial charge in [-0.15, -0.1) is 0 Å². The van der Waals surface area contributed by atoms with Crippen molar-refractivity contribution in [2.24, 2.45) is 4.99 Å². The van der Waals surface area contributed by atoms with Crippen LogP contribution >= 0.6 is 15.9 Å². The molecule has 2 heterocycles. The van der Waals surface area contributed by atoms with Gasteiger partial charge in [-0.2, -0.15) is 0 Å². The molecule has 0 aliphatic carbocycles. The van der Waals surface area contributed by atoms with Crippen LogP contribution in [0.15, 0.2) is 76.1 Å². The van der Waals surface area contributed by atoms with Gasteiger partial charge in [0.2, 0.25) is 5.90 Å². The minimum Gasteiger partial charge on any atom is -0.402 e. The number of nitrogens with one attached hydrogen (secondary N) is 1. The smallest absolute Gasteiger partial charge is 0.363 e. The SMILES string of the molecule is CN(C)c1ccc(/C=C2/N=C(c3ccc(NC(=O)c4cncc(Br)c4)cc3)OC2=O)cc1[N+](=O)[O-]. The van der Waals surface area contributed by atoms with E-state index < -0.39 is 10.9 Å². The van der Waals surface area contributed by atoms with Gasteiger partial charge in [0.15, 0.2) is 5.70 Å². The average Bonchev–Trinajstić information content (AvgIpc) is 3.19. The summed E-state index contributed by atoms with van der Waals surface area (Å²) in [5.41, 5.74) is 2.28. The molecule has 1 amide bonds. The molecule has 0 saturated carbocycles. The van der Waals surface area contributed by atoms with Gasteiger partial charge in [0.25, 0.3) is 11.6 Å². The van der Waals surface area contributed by atoms with Crippen molar-refractivity contribution in [2.75, 3.05) is 24.3 Å². The molecule has 4 rings (SSSR count). The van der Waals surface area contributed by atoms with Crippen LogP contribution in [0, 0.1) is 10.1 Å². The zero-order valence-electron chi connectivity index (χ0n) is 18.6. The highest BCUT2D eigenvalue weighted by molar-refractivity contribution is 9.10. The third kappa shape index (κ3) is 5.41. The number of aliphatic imine (C=N–C) groups is 1. The maximum atomic E-state index is 12.4. The molecule has 0 unspecified atom stereocenters. The second-order valence-corrected chi connectivity index (χ2v) is 8.57. The molecule has 0 atom stereocenters. The number of anilines is 2. The number of amides is 1. The number of carbonyl (C=O) groups is 2. The molecule has 1 N–H and O–H groups in total. The van der Waals surface area contributed by atoms with E-state index in [0.717, 1.165) is 0 Å². The van der Waals surface area contributed by atoms with Gasteiger partial charge in [0.05, 0.1) is 10.5 Å². The van der Waals surface area contributed by atoms with Gasteiger partial charge in [-0.25, -0.2) is 9.79 Å². The van der Waals surface area contributed by atoms with Crippen LogP contribution in [0.2, 0.25) is 0 Å². The monoisotopic (exact) mass is 535 g/mol. The molecule has 1 aliphatic heterocycles. The van der Waals surface area contributed by atoms with E-state index in [0.29, 0.717) is 32.5 Å². The van der Waals surface area contributed by atoms with Gasteiger partial charge in [-0.05, 0) is 64.0 Å². The molecule has 35 heavy (non-hydrogen) atoms. The Hall–Kier alpha value is -4.38. The second kappa shape index (κ2) is 9.85. The van der Waals surface area contributed by atoms with E-state index in [9.17, 15) is 19.7 Å². The summed E-state index contributed by atoms with van der Waals surface area (Å²) in [5.74, 6) is -0.899. The number of pyridine rings is 1. The predicted molar refractivity (Wildman–Crippen MR) is 134 cm³/mol. The van der Waals surface area contributed by atoms with Crippen LogP contribution in [0.5, 0.6) is 0 Å². The maximum absolute atomic E-state index is 12.4. The number of esters is 1. The minimum absolute atomic E-state index is 0.0198. The third-order valence-corrected chi connectivity index (χ3v) is 5.39. The third-order valence-electron chi connectivity index (χ3n) is 4.96. The van der Waals surface area contributed by atoms with Crippen molar-refractivity contribution < 1.29 is 19.2 Å². The van der Waals surface area contributed by atoms with Crippen molar-refractivity contribution in [3.63, 3.8) is 0 Å². The van der Waals surface area contributed by atoms with Crippen molar-refractivity contribution in [2.45, 2.75) is 0 Å². The standard InChI is InChI=1S/C24H18BrN5O5/c1-29(2)20-8-3-14(10-21(20)30(33)34)9-19-24(32)35-23(28-19)15-4-6-18(7-5-15)27-22(31)16-11-17(25)13-26-12-16/h3-13H,1-2H3,(H,27,31)/b19-9+. The molecule has 0 saturated heterocycles. The molecule has 10 nitrogen and oxygen atoms in total. The number of ether oxygens (including phenoxy) is 1. The Kier molecular flexibility index (Phi) is 6.69. The summed E-state index contributed by atoms with van der Waals surface area (Å²) in [4.78, 5) is 45.5. The summed E-state index contributed by atoms with van der Waals surface area (Å²) in [6.07, 6.45) is 4.47. The Balaban J connectivity index is 1.53. The first kappa shape index (κ1) is 23.8. The molecular weight excluding hydrogens is 518 g/mol. The van der Waals surface area contributed by atoms with Gasteiger partial charge in [-0.1, -0.05) is 6.07 Å². The zero-order valence-corrected chi connectivity index (χ0v) is 20.1. The fraction of sp³-hybridized carbons (Fsp3) is 0.0833. The number of halogens is 1. The first-order valence-corrected chi connectivity index (χ1v) is 11.0. The Labute approximate surface area is 208 Å². The normalized spacial score (nSPS) is 13.9. The summed E-state index contributed by atoms with van der Waals surface area (Å²) >= 11 is 3.28. The van der Waals surface area contributed by atoms with Crippen molar-refractivity contribution in [1.29, 1.82) is 0 Å². The fourth-order valence-corrected chi connectivity index (χ4v) is 3.65. The highest BCUT2D eigenvalue weighted by atomic mass is 79.9. The maximum Gasteiger partial charge on any atom is 0.363 e. The molecule has 1 aliphatic rings. The summed E-state index contributed by atoms with van der Waals surface area (Å²) in [7, 11) is 3.42. The summed E-state index contributed by atoms with van der Waals surface area (Å²) in [5, 5.41) is 14.2. The molecule has 176 valence electrons. The van der Waals surface area contributed by atoms with Gasteiger partial charge in [0, 0.05) is 48.3 Å². The number of rotatable bonds is 6. The largest absolute Gasteiger partial charge is 0.402 e. The predicted octanol–water partition coefficient (Wildman–Crippen LogP) is 4.42. The Bertz CT molecular complexity index is 1400. The number of benzene rings is 2. The summed E-state index contributed by atoms with van der Waals surface area (Å²) < 4.78 is 5.96. The second-order valence-electron chi connectivity index (χ2n) is 7.66. The molecular formula is C24H18BrN5O5. The lowest BCUT2D eigenvalue weighted by Gasteiger charge is -2.12. The van der Waals surface area contributed by atoms with E-state index in [4.69, 9.17) is 4.74 Å². The number of hydrogen-bond donors (Lipinski definition) is 1. The topological polar surface area (TPSA) is 127 Å². The highest BCUT2D eigenvalue weighted by Gasteiger charge is 2.25. The lowest BCUT2D eigenvalue weighted by Crippen LogP contribution is -2.12. The van der Waals surface area contributed by atoms with Crippen LogP contribution in [0.25, 0.3) is 6.08 Å². The Morgan fingerprint density at radius 3 is 2.54 bits per heavy atom. The van der Waals surface area contributed by atoms with Crippen molar-refractivity contribution in [3.05, 3.63) is 97.9 Å². The molecule has 0 fully saturated rings. The number of nitro groups is 1. The number of hydrogen-bond acceptors (Lipinski definition) is 8. The van der Waals surface area contributed by atoms with Gasteiger partial charge in [-0.3, -0.25) is 19.9 Å². The van der Waals surface area contributed by atoms with Crippen LogP contribution in [-0.4, -0.2) is 41.8 Å². The molecule has 1 aromatic heterocycles. The zero-order chi connectivity index (χ0) is 25.1. The van der Waals surface area contributed by atoms with Crippen LogP contribution in [0.4, 0.5) is 17.1 Å². The van der Waals surface area contributed by atoms with Crippen molar-refractivity contribution in [1.82, 2.24) is 4.98 Å². The molecule has 3 aromatic rings. The highest BCUT2D eigenvalue weighted by Crippen LogP contribution is 2.29. The quantitative estimate of drug-likeness (QED) is 0.214. The first-order valence-electron chi connectivity index (χ1n) is 10.2. The lowest BCUT2D eigenvalue weighted by atomic mass is 10.1. The Morgan fingerprint density at radius 1 is 1.14 bits per heavy atom. The van der Waals surface area contributed by atoms with E-state index in [1.165, 1.54) is 18.3 Å². The minimum atomic E-state index is -0.668.